The number of hydrogen-bond donors (Lipinski definition) is 1. The van der Waals surface area contributed by atoms with Crippen LogP contribution < -0.4 is 5.73 Å². The van der Waals surface area contributed by atoms with Crippen molar-refractivity contribution in [1.29, 1.82) is 0 Å². The smallest absolute Gasteiger partial charge is 0.182 e. The average Bonchev–Trinajstić information content (AvgIpc) is 2.35. The van der Waals surface area contributed by atoms with Crippen molar-refractivity contribution in [2.75, 3.05) is 5.73 Å². The van der Waals surface area contributed by atoms with Crippen molar-refractivity contribution in [2.45, 2.75) is 17.6 Å². The Morgan fingerprint density at radius 3 is 2.55 bits per heavy atom. The van der Waals surface area contributed by atoms with Crippen LogP contribution in [-0.4, -0.2) is 8.42 Å². The highest BCUT2D eigenvalue weighted by Crippen LogP contribution is 2.26. The molecule has 0 bridgehead atoms. The zero-order valence-electron chi connectivity index (χ0n) is 10.7. The minimum atomic E-state index is -3.53. The van der Waals surface area contributed by atoms with Crippen LogP contribution in [0.15, 0.2) is 45.8 Å². The molecule has 6 heteroatoms. The van der Waals surface area contributed by atoms with Crippen LogP contribution >= 0.6 is 15.9 Å². The Balaban J connectivity index is 2.43. The van der Waals surface area contributed by atoms with E-state index in [1.165, 1.54) is 24.3 Å². The SMILES string of the molecule is Cc1ccc(N)cc1S(=O)(=O)Cc1ccc(F)cc1Br. The normalized spacial score (nSPS) is 11.6. The number of sulfone groups is 1. The van der Waals surface area contributed by atoms with Gasteiger partial charge >= 0.3 is 0 Å². The molecule has 0 aliphatic carbocycles. The predicted octanol–water partition coefficient (Wildman–Crippen LogP) is 3.45. The summed E-state index contributed by atoms with van der Waals surface area (Å²) in [4.78, 5) is 0.203. The largest absolute Gasteiger partial charge is 0.399 e. The summed E-state index contributed by atoms with van der Waals surface area (Å²) >= 11 is 3.18. The first-order valence-corrected chi connectivity index (χ1v) is 8.27. The van der Waals surface area contributed by atoms with Crippen molar-refractivity contribution in [3.8, 4) is 0 Å². The summed E-state index contributed by atoms with van der Waals surface area (Å²) in [5.41, 5.74) is 7.18. The van der Waals surface area contributed by atoms with Crippen molar-refractivity contribution >= 4 is 31.5 Å². The van der Waals surface area contributed by atoms with E-state index in [1.807, 2.05) is 0 Å². The molecule has 2 aromatic carbocycles. The molecule has 0 radical (unpaired) electrons. The van der Waals surface area contributed by atoms with E-state index in [0.717, 1.165) is 0 Å². The number of hydrogen-bond acceptors (Lipinski definition) is 3. The van der Waals surface area contributed by atoms with Crippen molar-refractivity contribution in [3.05, 3.63) is 57.8 Å². The molecule has 2 N–H and O–H groups in total. The molecule has 0 unspecified atom stereocenters. The zero-order chi connectivity index (χ0) is 14.9. The van der Waals surface area contributed by atoms with E-state index in [2.05, 4.69) is 15.9 Å². The molecule has 0 atom stereocenters. The zero-order valence-corrected chi connectivity index (χ0v) is 13.1. The number of aryl methyl sites for hydroxylation is 1. The number of nitrogens with two attached hydrogens (primary N) is 1. The van der Waals surface area contributed by atoms with E-state index in [4.69, 9.17) is 5.73 Å². The third kappa shape index (κ3) is 3.19. The van der Waals surface area contributed by atoms with Crippen LogP contribution in [0.5, 0.6) is 0 Å². The molecule has 0 amide bonds. The van der Waals surface area contributed by atoms with Gasteiger partial charge in [0.05, 0.1) is 10.6 Å². The van der Waals surface area contributed by atoms with Crippen LogP contribution in [-0.2, 0) is 15.6 Å². The minimum absolute atomic E-state index is 0.203. The molecule has 0 saturated carbocycles. The average molecular weight is 358 g/mol. The summed E-state index contributed by atoms with van der Waals surface area (Å²) in [6.45, 7) is 1.71. The Hall–Kier alpha value is -1.40. The van der Waals surface area contributed by atoms with Crippen LogP contribution in [0.2, 0.25) is 0 Å². The second-order valence-electron chi connectivity index (χ2n) is 4.52. The van der Waals surface area contributed by atoms with Gasteiger partial charge in [-0.1, -0.05) is 28.1 Å². The van der Waals surface area contributed by atoms with Gasteiger partial charge in [-0.15, -0.1) is 0 Å². The molecule has 0 saturated heterocycles. The fraction of sp³-hybridized carbons (Fsp3) is 0.143. The first-order chi connectivity index (χ1) is 9.29. The van der Waals surface area contributed by atoms with E-state index >= 15 is 0 Å². The molecule has 0 spiro atoms. The molecule has 0 heterocycles. The first kappa shape index (κ1) is 15.0. The van der Waals surface area contributed by atoms with E-state index in [-0.39, 0.29) is 10.6 Å². The number of halogens is 2. The highest BCUT2D eigenvalue weighted by Gasteiger charge is 2.19. The van der Waals surface area contributed by atoms with Gasteiger partial charge in [0.2, 0.25) is 0 Å². The molecule has 2 rings (SSSR count). The second kappa shape index (κ2) is 5.54. The summed E-state index contributed by atoms with van der Waals surface area (Å²) in [5.74, 6) is -0.629. The molecule has 106 valence electrons. The van der Waals surface area contributed by atoms with Gasteiger partial charge in [0, 0.05) is 10.2 Å². The standard InChI is InChI=1S/C14H13BrFNO2S/c1-9-2-5-12(17)7-14(9)20(18,19)8-10-3-4-11(16)6-13(10)15/h2-7H,8,17H2,1H3. The summed E-state index contributed by atoms with van der Waals surface area (Å²) < 4.78 is 38.3. The summed E-state index contributed by atoms with van der Waals surface area (Å²) in [6.07, 6.45) is 0. The Kier molecular flexibility index (Phi) is 4.15. The van der Waals surface area contributed by atoms with Gasteiger partial charge in [0.25, 0.3) is 0 Å². The lowest BCUT2D eigenvalue weighted by atomic mass is 10.2. The van der Waals surface area contributed by atoms with Crippen LogP contribution in [0.4, 0.5) is 10.1 Å². The lowest BCUT2D eigenvalue weighted by Gasteiger charge is -2.10. The minimum Gasteiger partial charge on any atom is -0.399 e. The van der Waals surface area contributed by atoms with E-state index in [0.29, 0.717) is 21.3 Å². The molecule has 0 aliphatic rings. The molecule has 20 heavy (non-hydrogen) atoms. The van der Waals surface area contributed by atoms with Gasteiger partial charge < -0.3 is 5.73 Å². The predicted molar refractivity (Wildman–Crippen MR) is 80.6 cm³/mol. The summed E-state index contributed by atoms with van der Waals surface area (Å²) in [5, 5.41) is 0. The molecular weight excluding hydrogens is 345 g/mol. The molecular formula is C14H13BrFNO2S. The fourth-order valence-electron chi connectivity index (χ4n) is 1.87. The molecule has 2 aromatic rings. The van der Waals surface area contributed by atoms with E-state index in [9.17, 15) is 12.8 Å². The van der Waals surface area contributed by atoms with Crippen molar-refractivity contribution in [3.63, 3.8) is 0 Å². The molecule has 0 fully saturated rings. The van der Waals surface area contributed by atoms with Gasteiger partial charge in [-0.3, -0.25) is 0 Å². The maximum atomic E-state index is 13.0. The molecule has 0 aromatic heterocycles. The Labute approximate surface area is 125 Å². The summed E-state index contributed by atoms with van der Waals surface area (Å²) in [7, 11) is -3.53. The van der Waals surface area contributed by atoms with Gasteiger partial charge in [-0.2, -0.15) is 0 Å². The number of benzene rings is 2. The maximum absolute atomic E-state index is 13.0. The number of anilines is 1. The second-order valence-corrected chi connectivity index (χ2v) is 7.33. The van der Waals surface area contributed by atoms with Gasteiger partial charge in [-0.25, -0.2) is 12.8 Å². The van der Waals surface area contributed by atoms with Crippen LogP contribution in [0.3, 0.4) is 0 Å². The van der Waals surface area contributed by atoms with E-state index < -0.39 is 15.7 Å². The lowest BCUT2D eigenvalue weighted by Crippen LogP contribution is -2.08. The maximum Gasteiger partial charge on any atom is 0.182 e. The molecule has 3 nitrogen and oxygen atoms in total. The monoisotopic (exact) mass is 357 g/mol. The highest BCUT2D eigenvalue weighted by molar-refractivity contribution is 9.10. The fourth-order valence-corrected chi connectivity index (χ4v) is 4.24. The van der Waals surface area contributed by atoms with Crippen molar-refractivity contribution in [2.24, 2.45) is 0 Å². The van der Waals surface area contributed by atoms with Crippen LogP contribution in [0.25, 0.3) is 0 Å². The Bertz CT molecular complexity index is 760. The molecule has 0 aliphatic heterocycles. The van der Waals surface area contributed by atoms with Crippen molar-refractivity contribution < 1.29 is 12.8 Å². The third-order valence-electron chi connectivity index (χ3n) is 2.91. The van der Waals surface area contributed by atoms with Gasteiger partial charge in [-0.05, 0) is 42.3 Å². The van der Waals surface area contributed by atoms with E-state index in [1.54, 1.807) is 19.1 Å². The van der Waals surface area contributed by atoms with Gasteiger partial charge in [0.15, 0.2) is 9.84 Å². The quantitative estimate of drug-likeness (QED) is 0.855. The number of rotatable bonds is 3. The first-order valence-electron chi connectivity index (χ1n) is 5.82. The Morgan fingerprint density at radius 1 is 1.20 bits per heavy atom. The lowest BCUT2D eigenvalue weighted by molar-refractivity contribution is 0.594. The van der Waals surface area contributed by atoms with Crippen LogP contribution in [0.1, 0.15) is 11.1 Å². The van der Waals surface area contributed by atoms with Crippen molar-refractivity contribution in [1.82, 2.24) is 0 Å². The van der Waals surface area contributed by atoms with Gasteiger partial charge in [0.1, 0.15) is 5.82 Å². The number of nitrogen functional groups attached to an aromatic ring is 1. The third-order valence-corrected chi connectivity index (χ3v) is 5.45. The summed E-state index contributed by atoms with van der Waals surface area (Å²) in [6, 6.07) is 8.71. The Morgan fingerprint density at radius 2 is 1.90 bits per heavy atom. The van der Waals surface area contributed by atoms with Crippen LogP contribution in [0, 0.1) is 12.7 Å². The highest BCUT2D eigenvalue weighted by atomic mass is 79.9. The topological polar surface area (TPSA) is 60.2 Å².